The van der Waals surface area contributed by atoms with Gasteiger partial charge in [0.1, 0.15) is 11.6 Å². The first kappa shape index (κ1) is 14.8. The summed E-state index contributed by atoms with van der Waals surface area (Å²) < 4.78 is 18.8. The van der Waals surface area contributed by atoms with E-state index in [0.717, 1.165) is 12.0 Å². The van der Waals surface area contributed by atoms with Gasteiger partial charge in [0, 0.05) is 23.9 Å². The van der Waals surface area contributed by atoms with Crippen molar-refractivity contribution < 1.29 is 9.13 Å². The lowest BCUT2D eigenvalue weighted by Crippen LogP contribution is -2.21. The molecule has 5 heteroatoms. The summed E-state index contributed by atoms with van der Waals surface area (Å²) in [5.41, 5.74) is 6.88. The first-order chi connectivity index (χ1) is 9.60. The SMILES string of the molecule is CCC(N)Cc1cccnc1Oc1ccc(F)c(Cl)c1. The highest BCUT2D eigenvalue weighted by Crippen LogP contribution is 2.27. The fourth-order valence-electron chi connectivity index (χ4n) is 1.75. The lowest BCUT2D eigenvalue weighted by Gasteiger charge is -2.13. The van der Waals surface area contributed by atoms with E-state index in [2.05, 4.69) is 4.98 Å². The van der Waals surface area contributed by atoms with Gasteiger partial charge < -0.3 is 10.5 Å². The van der Waals surface area contributed by atoms with E-state index in [0.29, 0.717) is 18.1 Å². The Kier molecular flexibility index (Phi) is 4.93. The number of aromatic nitrogens is 1. The molecule has 1 atom stereocenters. The smallest absolute Gasteiger partial charge is 0.222 e. The predicted molar refractivity (Wildman–Crippen MR) is 77.7 cm³/mol. The van der Waals surface area contributed by atoms with Gasteiger partial charge in [0.2, 0.25) is 5.88 Å². The van der Waals surface area contributed by atoms with E-state index in [4.69, 9.17) is 22.1 Å². The average molecular weight is 295 g/mol. The molecule has 2 rings (SSSR count). The Balaban J connectivity index is 2.22. The zero-order chi connectivity index (χ0) is 14.5. The highest BCUT2D eigenvalue weighted by atomic mass is 35.5. The van der Waals surface area contributed by atoms with Gasteiger partial charge in [-0.25, -0.2) is 9.37 Å². The van der Waals surface area contributed by atoms with Crippen LogP contribution in [0.3, 0.4) is 0 Å². The zero-order valence-electron chi connectivity index (χ0n) is 11.1. The van der Waals surface area contributed by atoms with Crippen molar-refractivity contribution in [1.29, 1.82) is 0 Å². The van der Waals surface area contributed by atoms with Crippen molar-refractivity contribution in [3.05, 3.63) is 52.9 Å². The maximum absolute atomic E-state index is 13.1. The van der Waals surface area contributed by atoms with Crippen LogP contribution in [0, 0.1) is 5.82 Å². The Hall–Kier alpha value is -1.65. The van der Waals surface area contributed by atoms with Crippen LogP contribution in [-0.2, 0) is 6.42 Å². The maximum Gasteiger partial charge on any atom is 0.222 e. The van der Waals surface area contributed by atoms with E-state index in [1.54, 1.807) is 6.20 Å². The Morgan fingerprint density at radius 2 is 2.20 bits per heavy atom. The minimum absolute atomic E-state index is 0.0187. The molecule has 0 aliphatic heterocycles. The van der Waals surface area contributed by atoms with Crippen LogP contribution in [0.15, 0.2) is 36.5 Å². The van der Waals surface area contributed by atoms with Crippen LogP contribution < -0.4 is 10.5 Å². The average Bonchev–Trinajstić information content (AvgIpc) is 2.45. The number of benzene rings is 1. The van der Waals surface area contributed by atoms with Gasteiger partial charge in [-0.15, -0.1) is 0 Å². The Bertz CT molecular complexity index is 592. The van der Waals surface area contributed by atoms with E-state index < -0.39 is 5.82 Å². The molecule has 20 heavy (non-hydrogen) atoms. The van der Waals surface area contributed by atoms with E-state index in [1.807, 2.05) is 19.1 Å². The van der Waals surface area contributed by atoms with E-state index >= 15 is 0 Å². The third-order valence-corrected chi connectivity index (χ3v) is 3.25. The lowest BCUT2D eigenvalue weighted by molar-refractivity contribution is 0.451. The van der Waals surface area contributed by atoms with Crippen molar-refractivity contribution in [2.75, 3.05) is 0 Å². The van der Waals surface area contributed by atoms with Crippen LogP contribution in [0.1, 0.15) is 18.9 Å². The van der Waals surface area contributed by atoms with Crippen molar-refractivity contribution in [3.8, 4) is 11.6 Å². The van der Waals surface area contributed by atoms with Gasteiger partial charge in [0.15, 0.2) is 0 Å². The number of ether oxygens (including phenoxy) is 1. The molecule has 1 heterocycles. The largest absolute Gasteiger partial charge is 0.439 e. The molecule has 0 aliphatic rings. The highest BCUT2D eigenvalue weighted by Gasteiger charge is 2.10. The van der Waals surface area contributed by atoms with E-state index in [1.165, 1.54) is 18.2 Å². The van der Waals surface area contributed by atoms with Crippen molar-refractivity contribution in [3.63, 3.8) is 0 Å². The zero-order valence-corrected chi connectivity index (χ0v) is 11.9. The van der Waals surface area contributed by atoms with Gasteiger partial charge in [0.25, 0.3) is 0 Å². The van der Waals surface area contributed by atoms with Gasteiger partial charge in [-0.3, -0.25) is 0 Å². The fourth-order valence-corrected chi connectivity index (χ4v) is 1.92. The number of rotatable bonds is 5. The van der Waals surface area contributed by atoms with E-state index in [-0.39, 0.29) is 11.1 Å². The molecule has 106 valence electrons. The van der Waals surface area contributed by atoms with Gasteiger partial charge >= 0.3 is 0 Å². The minimum atomic E-state index is -0.478. The van der Waals surface area contributed by atoms with Gasteiger partial charge in [0.05, 0.1) is 5.02 Å². The molecular formula is C15H16ClFN2O. The second-order valence-electron chi connectivity index (χ2n) is 4.52. The van der Waals surface area contributed by atoms with Crippen LogP contribution in [0.25, 0.3) is 0 Å². The molecule has 0 fully saturated rings. The van der Waals surface area contributed by atoms with Crippen molar-refractivity contribution >= 4 is 11.6 Å². The molecule has 0 saturated carbocycles. The molecule has 1 aromatic heterocycles. The number of hydrogen-bond acceptors (Lipinski definition) is 3. The normalized spacial score (nSPS) is 12.2. The summed E-state index contributed by atoms with van der Waals surface area (Å²) in [7, 11) is 0. The monoisotopic (exact) mass is 294 g/mol. The molecule has 3 nitrogen and oxygen atoms in total. The summed E-state index contributed by atoms with van der Waals surface area (Å²) in [6.07, 6.45) is 3.19. The Labute approximate surface area is 122 Å². The summed E-state index contributed by atoms with van der Waals surface area (Å²) in [5, 5.41) is 0.0187. The number of pyridine rings is 1. The van der Waals surface area contributed by atoms with Crippen molar-refractivity contribution in [2.24, 2.45) is 5.73 Å². The number of nitrogens with two attached hydrogens (primary N) is 1. The molecule has 0 amide bonds. The summed E-state index contributed by atoms with van der Waals surface area (Å²) in [6.45, 7) is 2.03. The van der Waals surface area contributed by atoms with Gasteiger partial charge in [-0.2, -0.15) is 0 Å². The lowest BCUT2D eigenvalue weighted by atomic mass is 10.1. The molecule has 0 radical (unpaired) electrons. The molecule has 1 unspecified atom stereocenters. The second-order valence-corrected chi connectivity index (χ2v) is 4.93. The second kappa shape index (κ2) is 6.68. The summed E-state index contributed by atoms with van der Waals surface area (Å²) in [4.78, 5) is 4.20. The molecule has 2 N–H and O–H groups in total. The molecule has 0 aliphatic carbocycles. The minimum Gasteiger partial charge on any atom is -0.439 e. The third-order valence-electron chi connectivity index (χ3n) is 2.96. The molecular weight excluding hydrogens is 279 g/mol. The van der Waals surface area contributed by atoms with Crippen LogP contribution in [-0.4, -0.2) is 11.0 Å². The van der Waals surface area contributed by atoms with Crippen LogP contribution in [0.2, 0.25) is 5.02 Å². The Morgan fingerprint density at radius 3 is 2.90 bits per heavy atom. The summed E-state index contributed by atoms with van der Waals surface area (Å²) in [5.74, 6) is 0.439. The van der Waals surface area contributed by atoms with Gasteiger partial charge in [-0.05, 0) is 31.0 Å². The number of halogens is 2. The topological polar surface area (TPSA) is 48.1 Å². The highest BCUT2D eigenvalue weighted by molar-refractivity contribution is 6.30. The van der Waals surface area contributed by atoms with Crippen LogP contribution in [0.4, 0.5) is 4.39 Å². The first-order valence-electron chi connectivity index (χ1n) is 6.42. The third kappa shape index (κ3) is 3.68. The number of nitrogens with zero attached hydrogens (tertiary/aromatic N) is 1. The Morgan fingerprint density at radius 1 is 1.40 bits per heavy atom. The van der Waals surface area contributed by atoms with Gasteiger partial charge in [-0.1, -0.05) is 24.6 Å². The van der Waals surface area contributed by atoms with Crippen molar-refractivity contribution in [2.45, 2.75) is 25.8 Å². The van der Waals surface area contributed by atoms with Crippen LogP contribution in [0.5, 0.6) is 11.6 Å². The van der Waals surface area contributed by atoms with Crippen LogP contribution >= 0.6 is 11.6 Å². The van der Waals surface area contributed by atoms with E-state index in [9.17, 15) is 4.39 Å². The number of hydrogen-bond donors (Lipinski definition) is 1. The fraction of sp³-hybridized carbons (Fsp3) is 0.267. The molecule has 1 aromatic carbocycles. The summed E-state index contributed by atoms with van der Waals surface area (Å²) >= 11 is 5.73. The molecule has 2 aromatic rings. The predicted octanol–water partition coefficient (Wildman–Crippen LogP) is 3.95. The standard InChI is InChI=1S/C15H16ClFN2O/c1-2-11(18)8-10-4-3-7-19-15(10)20-12-5-6-14(17)13(16)9-12/h3-7,9,11H,2,8,18H2,1H3. The first-order valence-corrected chi connectivity index (χ1v) is 6.80. The molecule has 0 bridgehead atoms. The molecule has 0 spiro atoms. The molecule has 0 saturated heterocycles. The van der Waals surface area contributed by atoms with Crippen molar-refractivity contribution in [1.82, 2.24) is 4.98 Å². The maximum atomic E-state index is 13.1. The quantitative estimate of drug-likeness (QED) is 0.908. The summed E-state index contributed by atoms with van der Waals surface area (Å²) in [6, 6.07) is 8.01.